The van der Waals surface area contributed by atoms with Crippen LogP contribution in [0, 0.1) is 0 Å². The Morgan fingerprint density at radius 2 is 1.20 bits per heavy atom. The van der Waals surface area contributed by atoms with E-state index < -0.39 is 0 Å². The monoisotopic (exact) mass is 381 g/mol. The van der Waals surface area contributed by atoms with Gasteiger partial charge in [-0.3, -0.25) is 0 Å². The predicted molar refractivity (Wildman–Crippen MR) is 32.3 cm³/mol. The van der Waals surface area contributed by atoms with E-state index in [1.807, 2.05) is 0 Å². The molecule has 0 amide bonds. The van der Waals surface area contributed by atoms with Crippen LogP contribution in [0.2, 0.25) is 0 Å². The maximum Gasteiger partial charge on any atom is 1.00 e. The molecule has 0 heterocycles. The average Bonchev–Trinajstić information content (AvgIpc) is 0. The predicted octanol–water partition coefficient (Wildman–Crippen LogP) is -6.71. The van der Waals surface area contributed by atoms with Crippen molar-refractivity contribution in [1.29, 1.82) is 0 Å². The van der Waals surface area contributed by atoms with Gasteiger partial charge in [0.1, 0.15) is 0 Å². The molecule has 0 bridgehead atoms. The SMILES string of the molecule is [GaH3].[GeH4].[H-].[InH3].[Na+].[Y]. The first-order valence-corrected chi connectivity index (χ1v) is 0. The van der Waals surface area contributed by atoms with Crippen LogP contribution in [0.1, 0.15) is 1.43 Å². The Balaban J connectivity index is 0. The first-order valence-electron chi connectivity index (χ1n) is 0. The van der Waals surface area contributed by atoms with Gasteiger partial charge in [0.15, 0.2) is 0 Å². The molecule has 0 aromatic rings. The van der Waals surface area contributed by atoms with Gasteiger partial charge in [-0.05, 0) is 0 Å². The number of hydrogen-bond donors (Lipinski definition) is 0. The van der Waals surface area contributed by atoms with E-state index in [0.29, 0.717) is 0 Å². The van der Waals surface area contributed by atoms with Gasteiger partial charge in [0.05, 0.1) is 0 Å². The second-order valence-corrected chi connectivity index (χ2v) is 0. The van der Waals surface area contributed by atoms with E-state index in [0.717, 1.165) is 0 Å². The molecule has 0 aromatic heterocycles. The van der Waals surface area contributed by atoms with Crippen molar-refractivity contribution in [3.05, 3.63) is 0 Å². The van der Waals surface area contributed by atoms with Crippen molar-refractivity contribution in [3.63, 3.8) is 0 Å². The summed E-state index contributed by atoms with van der Waals surface area (Å²) in [6, 6.07) is 0. The quantitative estimate of drug-likeness (QED) is 0.367. The molecule has 5 heteroatoms. The van der Waals surface area contributed by atoms with Gasteiger partial charge in [0.2, 0.25) is 0 Å². The Morgan fingerprint density at radius 1 is 1.20 bits per heavy atom. The molecule has 0 unspecified atom stereocenters. The topological polar surface area (TPSA) is 0 Å². The molecule has 0 spiro atoms. The molecule has 0 aromatic carbocycles. The van der Waals surface area contributed by atoms with Crippen molar-refractivity contribution in [2.75, 3.05) is 0 Å². The van der Waals surface area contributed by atoms with Crippen molar-refractivity contribution < 1.29 is 63.7 Å². The minimum absolute atomic E-state index is 0. The normalized spacial score (nSPS) is 0. The van der Waals surface area contributed by atoms with Crippen molar-refractivity contribution in [1.82, 2.24) is 0 Å². The summed E-state index contributed by atoms with van der Waals surface area (Å²) in [6.07, 6.45) is 0. The minimum atomic E-state index is 0. The summed E-state index contributed by atoms with van der Waals surface area (Å²) in [5.41, 5.74) is 0. The second kappa shape index (κ2) is 24.2. The van der Waals surface area contributed by atoms with Crippen molar-refractivity contribution >= 4 is 63.2 Å². The standard InChI is InChI=1S/Ga.GeH4.In.Na.Y.7H/h;1H4;;;;;;;;;;/q;;;+1;;;;;;;;-1. The molecule has 0 saturated heterocycles. The molecule has 0 rings (SSSR count). The molecule has 0 atom stereocenters. The van der Waals surface area contributed by atoms with Crippen molar-refractivity contribution in [3.8, 4) is 0 Å². The van der Waals surface area contributed by atoms with Crippen LogP contribution in [0.3, 0.4) is 0 Å². The second-order valence-electron chi connectivity index (χ2n) is 0. The fraction of sp³-hybridized carbons (Fsp3) is 0. The summed E-state index contributed by atoms with van der Waals surface area (Å²) in [4.78, 5) is 0. The van der Waals surface area contributed by atoms with Crippen LogP contribution in [0.5, 0.6) is 0 Å². The van der Waals surface area contributed by atoms with Crippen molar-refractivity contribution in [2.24, 2.45) is 0 Å². The molecule has 1 radical (unpaired) electrons. The van der Waals surface area contributed by atoms with E-state index in [1.165, 1.54) is 0 Å². The average molecular weight is 380 g/mol. The molecule has 0 N–H and O–H groups in total. The molecule has 0 aliphatic carbocycles. The third kappa shape index (κ3) is 17.9. The van der Waals surface area contributed by atoms with E-state index in [1.54, 1.807) is 0 Å². The Kier molecular flexibility index (Phi) is 171. The molecule has 0 nitrogen and oxygen atoms in total. The molecular weight excluding hydrogens is 369 g/mol. The van der Waals surface area contributed by atoms with Crippen LogP contribution in [-0.4, -0.2) is 63.2 Å². The maximum atomic E-state index is 0. The van der Waals surface area contributed by atoms with E-state index in [4.69, 9.17) is 0 Å². The summed E-state index contributed by atoms with van der Waals surface area (Å²) in [5, 5.41) is 0. The third-order valence-corrected chi connectivity index (χ3v) is 0. The van der Waals surface area contributed by atoms with Crippen LogP contribution in [0.25, 0.3) is 0 Å². The summed E-state index contributed by atoms with van der Waals surface area (Å²) in [6.45, 7) is 0. The van der Waals surface area contributed by atoms with Gasteiger partial charge in [-0.2, -0.15) is 0 Å². The van der Waals surface area contributed by atoms with Gasteiger partial charge >= 0.3 is 92.8 Å². The van der Waals surface area contributed by atoms with Gasteiger partial charge in [-0.15, -0.1) is 0 Å². The molecular formula is H11GaGeInNaY. The van der Waals surface area contributed by atoms with Crippen LogP contribution in [0.15, 0.2) is 0 Å². The summed E-state index contributed by atoms with van der Waals surface area (Å²) in [7, 11) is 0. The fourth-order valence-electron chi connectivity index (χ4n) is 0. The van der Waals surface area contributed by atoms with Gasteiger partial charge in [-0.25, -0.2) is 0 Å². The molecule has 0 aliphatic rings. The maximum absolute atomic E-state index is 0. The minimum Gasteiger partial charge on any atom is 0 e. The largest absolute Gasteiger partial charge is 1.00 e. The zero-order valence-corrected chi connectivity index (χ0v) is 6.42. The Hall–Kier alpha value is 4.15. The van der Waals surface area contributed by atoms with Gasteiger partial charge < -0.3 is 1.43 Å². The summed E-state index contributed by atoms with van der Waals surface area (Å²) < 4.78 is 0. The zero-order valence-electron chi connectivity index (χ0n) is 2.58. The zero-order chi connectivity index (χ0) is 0. The van der Waals surface area contributed by atoms with Gasteiger partial charge in [0, 0.05) is 32.7 Å². The molecule has 5 heavy (non-hydrogen) atoms. The van der Waals surface area contributed by atoms with Crippen LogP contribution in [0.4, 0.5) is 0 Å². The van der Waals surface area contributed by atoms with Crippen LogP contribution >= 0.6 is 0 Å². The fourth-order valence-corrected chi connectivity index (χ4v) is 0. The molecule has 25 valence electrons. The number of rotatable bonds is 0. The molecule has 0 fully saturated rings. The van der Waals surface area contributed by atoms with Crippen LogP contribution < -0.4 is 29.6 Å². The first-order chi connectivity index (χ1) is 0. The third-order valence-electron chi connectivity index (χ3n) is 0. The Labute approximate surface area is 124 Å². The van der Waals surface area contributed by atoms with Gasteiger partial charge in [0.25, 0.3) is 0 Å². The number of hydrogen-bond acceptors (Lipinski definition) is 0. The summed E-state index contributed by atoms with van der Waals surface area (Å²) >= 11 is 0. The first kappa shape index (κ1) is 35.3. The molecule has 0 aliphatic heterocycles. The smallest absolute Gasteiger partial charge is 0 e. The Bertz CT molecular complexity index is 15.5. The molecule has 0 saturated carbocycles. The van der Waals surface area contributed by atoms with Crippen molar-refractivity contribution in [2.45, 2.75) is 0 Å². The van der Waals surface area contributed by atoms with Crippen LogP contribution in [-0.2, 0) is 32.7 Å². The van der Waals surface area contributed by atoms with E-state index in [9.17, 15) is 0 Å². The van der Waals surface area contributed by atoms with E-state index in [-0.39, 0.29) is 127 Å². The van der Waals surface area contributed by atoms with E-state index >= 15 is 0 Å². The van der Waals surface area contributed by atoms with E-state index in [2.05, 4.69) is 0 Å². The summed E-state index contributed by atoms with van der Waals surface area (Å²) in [5.74, 6) is 0. The Morgan fingerprint density at radius 3 is 1.20 bits per heavy atom. The van der Waals surface area contributed by atoms with Gasteiger partial charge in [-0.1, -0.05) is 0 Å².